The molecule has 0 spiro atoms. The molecule has 14 heavy (non-hydrogen) atoms. The van der Waals surface area contributed by atoms with E-state index < -0.39 is 0 Å². The van der Waals surface area contributed by atoms with Gasteiger partial charge in [0.25, 0.3) is 0 Å². The van der Waals surface area contributed by atoms with E-state index in [0.717, 1.165) is 53.1 Å². The third kappa shape index (κ3) is 1.54. The largest absolute Gasteiger partial charge is 0.363 e. The summed E-state index contributed by atoms with van der Waals surface area (Å²) < 4.78 is 10.9. The van der Waals surface area contributed by atoms with Crippen molar-refractivity contribution in [3.05, 3.63) is 0 Å². The zero-order chi connectivity index (χ0) is 9.38. The highest BCUT2D eigenvalue weighted by Gasteiger charge is 2.33. The van der Waals surface area contributed by atoms with E-state index in [9.17, 15) is 0 Å². The van der Waals surface area contributed by atoms with Gasteiger partial charge in [-0.05, 0) is 0 Å². The number of rotatable bonds is 0. The van der Waals surface area contributed by atoms with Gasteiger partial charge in [0, 0.05) is 13.1 Å². The highest BCUT2D eigenvalue weighted by molar-refractivity contribution is 4.68. The molecule has 80 valence electrons. The molecule has 6 heteroatoms. The fourth-order valence-electron chi connectivity index (χ4n) is 2.08. The van der Waals surface area contributed by atoms with E-state index in [1.807, 2.05) is 0 Å². The van der Waals surface area contributed by atoms with Gasteiger partial charge in [0.05, 0.1) is 26.6 Å². The summed E-state index contributed by atoms with van der Waals surface area (Å²) in [4.78, 5) is 0. The maximum absolute atomic E-state index is 5.43. The van der Waals surface area contributed by atoms with Crippen LogP contribution < -0.4 is 0 Å². The molecule has 0 unspecified atom stereocenters. The first-order valence-corrected chi connectivity index (χ1v) is 5.08. The summed E-state index contributed by atoms with van der Waals surface area (Å²) in [5.74, 6) is 0. The Kier molecular flexibility index (Phi) is 2.40. The summed E-state index contributed by atoms with van der Waals surface area (Å²) >= 11 is 0. The molecule has 0 N–H and O–H groups in total. The van der Waals surface area contributed by atoms with Crippen LogP contribution in [0.2, 0.25) is 0 Å². The fourth-order valence-corrected chi connectivity index (χ4v) is 2.08. The van der Waals surface area contributed by atoms with Crippen LogP contribution in [0.3, 0.4) is 0 Å². The van der Waals surface area contributed by atoms with Gasteiger partial charge in [-0.25, -0.2) is 10.0 Å². The lowest BCUT2D eigenvalue weighted by molar-refractivity contribution is -0.304. The van der Waals surface area contributed by atoms with Gasteiger partial charge in [-0.1, -0.05) is 0 Å². The first-order valence-electron chi connectivity index (χ1n) is 5.08. The molecule has 3 saturated heterocycles. The van der Waals surface area contributed by atoms with E-state index >= 15 is 0 Å². The van der Waals surface area contributed by atoms with E-state index in [4.69, 9.17) is 9.47 Å². The Morgan fingerprint density at radius 2 is 1.14 bits per heavy atom. The molecule has 0 amide bonds. The third-order valence-electron chi connectivity index (χ3n) is 2.92. The molecular formula is C8H16N4O2. The molecule has 6 nitrogen and oxygen atoms in total. The molecule has 0 aromatic rings. The Morgan fingerprint density at radius 3 is 1.64 bits per heavy atom. The van der Waals surface area contributed by atoms with Crippen LogP contribution in [-0.4, -0.2) is 73.1 Å². The molecule has 3 rings (SSSR count). The quantitative estimate of drug-likeness (QED) is 0.495. The lowest BCUT2D eigenvalue weighted by atomic mass is 10.5. The van der Waals surface area contributed by atoms with Crippen LogP contribution in [0, 0.1) is 0 Å². The molecule has 0 saturated carbocycles. The van der Waals surface area contributed by atoms with Crippen molar-refractivity contribution in [3.63, 3.8) is 0 Å². The van der Waals surface area contributed by atoms with Crippen LogP contribution in [0.15, 0.2) is 0 Å². The first-order chi connectivity index (χ1) is 6.93. The summed E-state index contributed by atoms with van der Waals surface area (Å²) in [6.07, 6.45) is 0. The van der Waals surface area contributed by atoms with Crippen molar-refractivity contribution in [2.45, 2.75) is 0 Å². The van der Waals surface area contributed by atoms with E-state index in [2.05, 4.69) is 20.0 Å². The van der Waals surface area contributed by atoms with Crippen molar-refractivity contribution < 1.29 is 9.47 Å². The summed E-state index contributed by atoms with van der Waals surface area (Å²) in [5.41, 5.74) is 0. The normalized spacial score (nSPS) is 32.6. The van der Waals surface area contributed by atoms with E-state index in [0.29, 0.717) is 0 Å². The van der Waals surface area contributed by atoms with Crippen molar-refractivity contribution >= 4 is 0 Å². The summed E-state index contributed by atoms with van der Waals surface area (Å²) in [7, 11) is 0. The molecule has 0 aliphatic carbocycles. The van der Waals surface area contributed by atoms with Gasteiger partial charge < -0.3 is 9.47 Å². The molecule has 0 atom stereocenters. The van der Waals surface area contributed by atoms with Crippen LogP contribution in [0.25, 0.3) is 0 Å². The molecule has 0 aromatic heterocycles. The standard InChI is InChI=1S/C8H16N4O2/c1-3-13-7-11-6-10-2-4-14-8-12(10)5-9(1)11/h1-8H2. The Morgan fingerprint density at radius 1 is 0.643 bits per heavy atom. The molecule has 3 aliphatic heterocycles. The minimum atomic E-state index is 0.727. The van der Waals surface area contributed by atoms with Crippen LogP contribution >= 0.6 is 0 Å². The zero-order valence-corrected chi connectivity index (χ0v) is 8.26. The van der Waals surface area contributed by atoms with Crippen LogP contribution in [-0.2, 0) is 9.47 Å². The topological polar surface area (TPSA) is 31.4 Å². The second-order valence-electron chi connectivity index (χ2n) is 3.83. The van der Waals surface area contributed by atoms with Gasteiger partial charge in [0.15, 0.2) is 0 Å². The highest BCUT2D eigenvalue weighted by atomic mass is 16.5. The smallest absolute Gasteiger partial charge is 0.114 e. The lowest BCUT2D eigenvalue weighted by Crippen LogP contribution is -2.67. The number of hydrazine groups is 2. The molecule has 3 heterocycles. The number of hydrogen-bond acceptors (Lipinski definition) is 6. The van der Waals surface area contributed by atoms with E-state index in [1.54, 1.807) is 0 Å². The zero-order valence-electron chi connectivity index (χ0n) is 8.26. The predicted octanol–water partition coefficient (Wildman–Crippen LogP) is -1.07. The van der Waals surface area contributed by atoms with Crippen molar-refractivity contribution in [1.82, 2.24) is 20.0 Å². The second kappa shape index (κ2) is 3.73. The average Bonchev–Trinajstić information content (AvgIpc) is 2.26. The molecule has 3 aliphatic rings. The van der Waals surface area contributed by atoms with Crippen LogP contribution in [0.5, 0.6) is 0 Å². The molecule has 3 fully saturated rings. The maximum Gasteiger partial charge on any atom is 0.114 e. The minimum absolute atomic E-state index is 0.727. The van der Waals surface area contributed by atoms with Crippen molar-refractivity contribution in [3.8, 4) is 0 Å². The fraction of sp³-hybridized carbons (Fsp3) is 1.00. The summed E-state index contributed by atoms with van der Waals surface area (Å²) in [6, 6.07) is 0. The maximum atomic E-state index is 5.43. The molecule has 0 bridgehead atoms. The van der Waals surface area contributed by atoms with Gasteiger partial charge in [0.2, 0.25) is 0 Å². The number of nitrogens with zero attached hydrogens (tertiary/aromatic N) is 4. The number of ether oxygens (including phenoxy) is 2. The minimum Gasteiger partial charge on any atom is -0.363 e. The van der Waals surface area contributed by atoms with Gasteiger partial charge in [-0.15, -0.1) is 0 Å². The monoisotopic (exact) mass is 200 g/mol. The van der Waals surface area contributed by atoms with Crippen LogP contribution in [0.4, 0.5) is 0 Å². The Bertz CT molecular complexity index is 174. The number of fused-ring (bicyclic) bond motifs is 2. The average molecular weight is 200 g/mol. The summed E-state index contributed by atoms with van der Waals surface area (Å²) in [6.45, 7) is 6.98. The Balaban J connectivity index is 1.68. The number of hydrogen-bond donors (Lipinski definition) is 0. The van der Waals surface area contributed by atoms with E-state index in [-0.39, 0.29) is 0 Å². The van der Waals surface area contributed by atoms with Gasteiger partial charge in [0.1, 0.15) is 13.5 Å². The molecule has 0 radical (unpaired) electrons. The van der Waals surface area contributed by atoms with Crippen LogP contribution in [0.1, 0.15) is 0 Å². The van der Waals surface area contributed by atoms with Gasteiger partial charge in [-0.3, -0.25) is 0 Å². The molecule has 0 aromatic carbocycles. The molecular weight excluding hydrogens is 184 g/mol. The second-order valence-corrected chi connectivity index (χ2v) is 3.83. The lowest BCUT2D eigenvalue weighted by Gasteiger charge is -2.52. The van der Waals surface area contributed by atoms with Gasteiger partial charge >= 0.3 is 0 Å². The Hall–Kier alpha value is -0.240. The third-order valence-corrected chi connectivity index (χ3v) is 2.92. The van der Waals surface area contributed by atoms with Crippen molar-refractivity contribution in [2.75, 3.05) is 53.1 Å². The Labute approximate surface area is 83.5 Å². The summed E-state index contributed by atoms with van der Waals surface area (Å²) in [5, 5.41) is 9.17. The highest BCUT2D eigenvalue weighted by Crippen LogP contribution is 2.17. The first kappa shape index (κ1) is 9.02. The van der Waals surface area contributed by atoms with Crippen molar-refractivity contribution in [1.29, 1.82) is 0 Å². The predicted molar refractivity (Wildman–Crippen MR) is 48.5 cm³/mol. The van der Waals surface area contributed by atoms with E-state index in [1.165, 1.54) is 0 Å². The SMILES string of the molecule is C1CN2CN3COCCN3CN2CO1. The van der Waals surface area contributed by atoms with Crippen molar-refractivity contribution in [2.24, 2.45) is 0 Å². The van der Waals surface area contributed by atoms with Gasteiger partial charge in [-0.2, -0.15) is 10.0 Å².